The monoisotopic (exact) mass is 952 g/mol. The Hall–Kier alpha value is -9.26. The molecule has 0 saturated carbocycles. The lowest BCUT2D eigenvalue weighted by atomic mass is 9.81. The fourth-order valence-corrected chi connectivity index (χ4v) is 11.3. The van der Waals surface area contributed by atoms with Gasteiger partial charge in [0.25, 0.3) is 0 Å². The first-order chi connectivity index (χ1) is 36.2. The zero-order valence-electron chi connectivity index (χ0n) is 41.8. The molecule has 13 rings (SSSR count). The largest absolute Gasteiger partial charge is 0.279 e. The minimum Gasteiger partial charge on any atom is -0.279 e. The second-order valence-electron chi connectivity index (χ2n) is 20.4. The van der Waals surface area contributed by atoms with Crippen molar-refractivity contribution in [3.8, 4) is 22.3 Å². The molecule has 0 fully saturated rings. The van der Waals surface area contributed by atoms with Crippen LogP contribution in [0.2, 0.25) is 0 Å². The number of pyridine rings is 4. The molecular weight excluding hydrogens is 901 g/mol. The molecule has 2 aliphatic carbocycles. The molecule has 7 aromatic carbocycles. The second-order valence-corrected chi connectivity index (χ2v) is 20.4. The van der Waals surface area contributed by atoms with E-state index in [0.717, 1.165) is 67.3 Å². The number of nitrogens with zero attached hydrogens (tertiary/aromatic N) is 6. The van der Waals surface area contributed by atoms with E-state index >= 15 is 0 Å². The molecule has 11 aromatic rings. The van der Waals surface area contributed by atoms with E-state index in [1.54, 1.807) is 0 Å². The zero-order valence-corrected chi connectivity index (χ0v) is 41.8. The van der Waals surface area contributed by atoms with Crippen molar-refractivity contribution in [3.63, 3.8) is 0 Å². The first kappa shape index (κ1) is 44.7. The summed E-state index contributed by atoms with van der Waals surface area (Å²) in [7, 11) is 0. The Kier molecular flexibility index (Phi) is 10.7. The van der Waals surface area contributed by atoms with Crippen LogP contribution >= 0.6 is 0 Å². The summed E-state index contributed by atoms with van der Waals surface area (Å²) in [6.07, 6.45) is 16.3. The van der Waals surface area contributed by atoms with Gasteiger partial charge in [0.05, 0.1) is 0 Å². The van der Waals surface area contributed by atoms with E-state index in [9.17, 15) is 0 Å². The summed E-state index contributed by atoms with van der Waals surface area (Å²) >= 11 is 0. The van der Waals surface area contributed by atoms with E-state index in [1.807, 2.05) is 61.2 Å². The van der Waals surface area contributed by atoms with Crippen LogP contribution in [0.25, 0.3) is 68.1 Å². The summed E-state index contributed by atoms with van der Waals surface area (Å²) in [6, 6.07) is 69.2. The highest BCUT2D eigenvalue weighted by Gasteiger charge is 2.38. The zero-order chi connectivity index (χ0) is 50.0. The lowest BCUT2D eigenvalue weighted by molar-refractivity contribution is 0.660. The predicted octanol–water partition coefficient (Wildman–Crippen LogP) is 17.5. The number of fused-ring (bicyclic) bond motifs is 8. The molecule has 0 unspecified atom stereocenters. The Bertz CT molecular complexity index is 3750. The van der Waals surface area contributed by atoms with Gasteiger partial charge in [-0.15, -0.1) is 0 Å². The Morgan fingerprint density at radius 1 is 0.324 bits per heavy atom. The van der Waals surface area contributed by atoms with Crippen LogP contribution in [0.15, 0.2) is 219 Å². The number of hydrogen-bond acceptors (Lipinski definition) is 6. The van der Waals surface area contributed by atoms with Gasteiger partial charge < -0.3 is 0 Å². The molecule has 0 atom stereocenters. The Labute approximate surface area is 432 Å². The van der Waals surface area contributed by atoms with Crippen LogP contribution in [0.5, 0.6) is 0 Å². The molecule has 0 saturated heterocycles. The van der Waals surface area contributed by atoms with E-state index < -0.39 is 0 Å². The average Bonchev–Trinajstić information content (AvgIpc) is 3.81. The van der Waals surface area contributed by atoms with Crippen LogP contribution in [-0.4, -0.2) is 19.9 Å². The molecule has 0 radical (unpaired) electrons. The van der Waals surface area contributed by atoms with Crippen molar-refractivity contribution in [3.05, 3.63) is 263 Å². The quantitative estimate of drug-likeness (QED) is 0.127. The lowest BCUT2D eigenvalue weighted by Gasteiger charge is -2.27. The third-order valence-corrected chi connectivity index (χ3v) is 15.2. The summed E-state index contributed by atoms with van der Waals surface area (Å²) in [4.78, 5) is 23.8. The fourth-order valence-electron chi connectivity index (χ4n) is 11.3. The van der Waals surface area contributed by atoms with Crippen LogP contribution in [0.3, 0.4) is 0 Å². The van der Waals surface area contributed by atoms with Gasteiger partial charge in [-0.1, -0.05) is 185 Å². The van der Waals surface area contributed by atoms with Gasteiger partial charge in [0, 0.05) is 57.8 Å². The van der Waals surface area contributed by atoms with Gasteiger partial charge >= 0.3 is 0 Å². The third kappa shape index (κ3) is 7.66. The number of aromatic nitrogens is 4. The van der Waals surface area contributed by atoms with Gasteiger partial charge in [-0.25, -0.2) is 19.9 Å². The fraction of sp³-hybridized carbons (Fsp3) is 0.0882. The summed E-state index contributed by atoms with van der Waals surface area (Å²) in [6.45, 7) is 9.35. The smallest absolute Gasteiger partial charge is 0.146 e. The van der Waals surface area contributed by atoms with Crippen molar-refractivity contribution in [2.24, 2.45) is 0 Å². The molecule has 6 nitrogen and oxygen atoms in total. The van der Waals surface area contributed by atoms with E-state index in [1.165, 1.54) is 55.6 Å². The van der Waals surface area contributed by atoms with Gasteiger partial charge in [-0.3, -0.25) is 9.80 Å². The average molecular weight is 953 g/mol. The van der Waals surface area contributed by atoms with E-state index in [-0.39, 0.29) is 10.8 Å². The van der Waals surface area contributed by atoms with Gasteiger partial charge in [-0.05, 0) is 138 Å². The van der Waals surface area contributed by atoms with Crippen LogP contribution < -0.4 is 9.80 Å². The maximum absolute atomic E-state index is 4.93. The molecule has 0 aliphatic heterocycles. The molecule has 6 heteroatoms. The van der Waals surface area contributed by atoms with Gasteiger partial charge in [0.2, 0.25) is 0 Å². The number of anilines is 6. The third-order valence-electron chi connectivity index (χ3n) is 15.2. The number of rotatable bonds is 10. The van der Waals surface area contributed by atoms with Crippen LogP contribution in [0, 0.1) is 0 Å². The first-order valence-electron chi connectivity index (χ1n) is 25.3. The molecule has 0 bridgehead atoms. The van der Waals surface area contributed by atoms with Crippen molar-refractivity contribution in [1.29, 1.82) is 0 Å². The summed E-state index contributed by atoms with van der Waals surface area (Å²) < 4.78 is 0. The minimum atomic E-state index is -0.221. The molecule has 4 aromatic heterocycles. The van der Waals surface area contributed by atoms with Crippen molar-refractivity contribution < 1.29 is 0 Å². The Balaban J connectivity index is 0.727. The van der Waals surface area contributed by atoms with Gasteiger partial charge in [0.15, 0.2) is 0 Å². The standard InChI is InChI=1S/C68H52N6/c1-67(2)59-41-47(27-31-55(59)57-33-29-51(43-61(57)67)73(63-17-9-11-37-69-63)65-53-15-7-5-13-49(53)35-39-71-65)25-23-45-19-21-46(22-20-45)24-26-48-28-32-56-58-34-30-52(44-62(58)68(3,4)60(56)42-48)74(64-18-10-12-38-70-64)66-54-16-8-6-14-50(54)36-40-72-66/h5-44H,1-4H3/b25-23+,26-24+. The number of benzene rings is 7. The van der Waals surface area contributed by atoms with E-state index in [4.69, 9.17) is 19.9 Å². The van der Waals surface area contributed by atoms with Crippen molar-refractivity contribution >= 4 is 80.5 Å². The highest BCUT2D eigenvalue weighted by atomic mass is 15.2. The maximum atomic E-state index is 4.93. The molecule has 0 amide bonds. The predicted molar refractivity (Wildman–Crippen MR) is 308 cm³/mol. The molecule has 354 valence electrons. The maximum Gasteiger partial charge on any atom is 0.146 e. The van der Waals surface area contributed by atoms with Crippen LogP contribution in [-0.2, 0) is 10.8 Å². The Morgan fingerprint density at radius 2 is 0.689 bits per heavy atom. The molecule has 4 heterocycles. The minimum absolute atomic E-state index is 0.221. The van der Waals surface area contributed by atoms with E-state index in [0.29, 0.717) is 0 Å². The van der Waals surface area contributed by atoms with Crippen molar-refractivity contribution in [2.75, 3.05) is 9.80 Å². The summed E-state index contributed by atoms with van der Waals surface area (Å²) in [5.74, 6) is 3.37. The topological polar surface area (TPSA) is 58.0 Å². The van der Waals surface area contributed by atoms with Crippen molar-refractivity contribution in [1.82, 2.24) is 19.9 Å². The van der Waals surface area contributed by atoms with Crippen molar-refractivity contribution in [2.45, 2.75) is 38.5 Å². The van der Waals surface area contributed by atoms with Gasteiger partial charge in [0.1, 0.15) is 23.3 Å². The molecular formula is C68H52N6. The highest BCUT2D eigenvalue weighted by Crippen LogP contribution is 2.53. The normalized spacial score (nSPS) is 13.8. The molecule has 0 N–H and O–H groups in total. The summed E-state index contributed by atoms with van der Waals surface area (Å²) in [5, 5.41) is 4.43. The Morgan fingerprint density at radius 3 is 1.11 bits per heavy atom. The van der Waals surface area contributed by atoms with E-state index in [2.05, 4.69) is 220 Å². The molecule has 0 spiro atoms. The van der Waals surface area contributed by atoms with Crippen LogP contribution in [0.1, 0.15) is 72.2 Å². The van der Waals surface area contributed by atoms with Gasteiger partial charge in [-0.2, -0.15) is 0 Å². The van der Waals surface area contributed by atoms with Crippen LogP contribution in [0.4, 0.5) is 34.6 Å². The second kappa shape index (κ2) is 17.8. The molecule has 2 aliphatic rings. The first-order valence-corrected chi connectivity index (χ1v) is 25.3. The summed E-state index contributed by atoms with van der Waals surface area (Å²) in [5.41, 5.74) is 16.6. The highest BCUT2D eigenvalue weighted by molar-refractivity contribution is 5.98. The number of hydrogen-bond donors (Lipinski definition) is 0. The lowest BCUT2D eigenvalue weighted by Crippen LogP contribution is -2.17. The SMILES string of the molecule is CC1(C)c2cc(/C=C/c3ccc(/C=C/c4ccc5c(c4)C(C)(C)c4cc(N(c6ccccn6)c6nccc7ccccc67)ccc4-5)cc3)ccc2-c2ccc(N(c3ccccn3)c3nccc4ccccc34)cc21. The molecule has 74 heavy (non-hydrogen) atoms.